The van der Waals surface area contributed by atoms with Gasteiger partial charge in [0.05, 0.1) is 11.4 Å². The van der Waals surface area contributed by atoms with E-state index in [4.69, 9.17) is 5.10 Å². The van der Waals surface area contributed by atoms with Gasteiger partial charge in [0.15, 0.2) is 0 Å². The highest BCUT2D eigenvalue weighted by molar-refractivity contribution is 5.34. The van der Waals surface area contributed by atoms with Crippen molar-refractivity contribution in [1.82, 2.24) is 15.1 Å². The second-order valence-corrected chi connectivity index (χ2v) is 7.49. The normalized spacial score (nSPS) is 42.9. The molecule has 4 fully saturated rings. The van der Waals surface area contributed by atoms with Crippen LogP contribution < -0.4 is 5.32 Å². The van der Waals surface area contributed by atoms with Crippen molar-refractivity contribution in [3.8, 4) is 0 Å². The molecule has 3 heteroatoms. The lowest BCUT2D eigenvalue weighted by Crippen LogP contribution is -2.44. The van der Waals surface area contributed by atoms with E-state index in [0.29, 0.717) is 0 Å². The van der Waals surface area contributed by atoms with Gasteiger partial charge in [0, 0.05) is 31.6 Å². The molecule has 0 radical (unpaired) electrons. The van der Waals surface area contributed by atoms with E-state index in [1.54, 1.807) is 12.0 Å². The van der Waals surface area contributed by atoms with E-state index >= 15 is 0 Å². The molecule has 4 bridgehead atoms. The van der Waals surface area contributed by atoms with Crippen LogP contribution in [0.2, 0.25) is 0 Å². The summed E-state index contributed by atoms with van der Waals surface area (Å²) in [4.78, 5) is 0. The molecule has 2 heterocycles. The number of nitrogens with one attached hydrogen (secondary N) is 1. The molecule has 1 aromatic heterocycles. The number of fused-ring (bicyclic) bond motifs is 1. The Morgan fingerprint density at radius 1 is 1.00 bits per heavy atom. The summed E-state index contributed by atoms with van der Waals surface area (Å²) in [6, 6.07) is 0. The first-order valence-corrected chi connectivity index (χ1v) is 8.05. The Kier molecular flexibility index (Phi) is 2.08. The summed E-state index contributed by atoms with van der Waals surface area (Å²) in [5, 5.41) is 8.47. The molecule has 4 saturated carbocycles. The lowest BCUT2D eigenvalue weighted by Gasteiger charge is -2.54. The fourth-order valence-electron chi connectivity index (χ4n) is 5.98. The number of rotatable bonds is 1. The molecule has 1 N–H and O–H groups in total. The van der Waals surface area contributed by atoms with Gasteiger partial charge < -0.3 is 5.32 Å². The molecular formula is C16H23N3. The molecule has 19 heavy (non-hydrogen) atoms. The first-order chi connectivity index (χ1) is 9.29. The number of aryl methyl sites for hydroxylation is 1. The first-order valence-electron chi connectivity index (χ1n) is 8.05. The third-order valence-electron chi connectivity index (χ3n) is 6.44. The fourth-order valence-corrected chi connectivity index (χ4v) is 5.98. The number of hydrogen-bond acceptors (Lipinski definition) is 2. The quantitative estimate of drug-likeness (QED) is 0.838. The van der Waals surface area contributed by atoms with Crippen LogP contribution in [-0.2, 0) is 20.1 Å². The van der Waals surface area contributed by atoms with Crippen molar-refractivity contribution in [2.45, 2.75) is 51.1 Å². The molecule has 0 saturated heterocycles. The largest absolute Gasteiger partial charge is 0.307 e. The molecule has 4 aliphatic carbocycles. The van der Waals surface area contributed by atoms with Gasteiger partial charge in [-0.2, -0.15) is 5.10 Å². The zero-order chi connectivity index (χ0) is 12.6. The van der Waals surface area contributed by atoms with E-state index in [1.807, 2.05) is 0 Å². The predicted octanol–water partition coefficient (Wildman–Crippen LogP) is 2.56. The smallest absolute Gasteiger partial charge is 0.0709 e. The van der Waals surface area contributed by atoms with Gasteiger partial charge in [0.2, 0.25) is 0 Å². The number of nitrogens with zero attached hydrogens (tertiary/aromatic N) is 2. The Hall–Kier alpha value is -0.830. The van der Waals surface area contributed by atoms with Crippen LogP contribution in [-0.4, -0.2) is 9.78 Å². The molecule has 5 aliphatic rings. The van der Waals surface area contributed by atoms with Crippen LogP contribution in [0.1, 0.15) is 55.0 Å². The second-order valence-electron chi connectivity index (χ2n) is 7.49. The van der Waals surface area contributed by atoms with Crippen molar-refractivity contribution in [3.63, 3.8) is 0 Å². The van der Waals surface area contributed by atoms with E-state index in [0.717, 1.165) is 42.7 Å². The van der Waals surface area contributed by atoms with Crippen molar-refractivity contribution >= 4 is 0 Å². The van der Waals surface area contributed by atoms with Crippen molar-refractivity contribution < 1.29 is 0 Å². The second kappa shape index (κ2) is 3.63. The zero-order valence-electron chi connectivity index (χ0n) is 11.7. The van der Waals surface area contributed by atoms with Crippen molar-refractivity contribution in [3.05, 3.63) is 17.0 Å². The van der Waals surface area contributed by atoms with Crippen molar-refractivity contribution in [2.75, 3.05) is 0 Å². The molecule has 0 spiro atoms. The van der Waals surface area contributed by atoms with Crippen LogP contribution in [0.3, 0.4) is 0 Å². The van der Waals surface area contributed by atoms with E-state index < -0.39 is 0 Å². The monoisotopic (exact) mass is 257 g/mol. The highest BCUT2D eigenvalue weighted by atomic mass is 15.3. The Morgan fingerprint density at radius 2 is 1.68 bits per heavy atom. The maximum Gasteiger partial charge on any atom is 0.0709 e. The van der Waals surface area contributed by atoms with Crippen LogP contribution in [0.25, 0.3) is 0 Å². The Bertz CT molecular complexity index is 502. The molecule has 1 aromatic rings. The van der Waals surface area contributed by atoms with E-state index in [1.165, 1.54) is 37.1 Å². The van der Waals surface area contributed by atoms with Crippen molar-refractivity contribution in [1.29, 1.82) is 0 Å². The highest BCUT2D eigenvalue weighted by Gasteiger charge is 2.50. The Balaban J connectivity index is 1.58. The third-order valence-corrected chi connectivity index (χ3v) is 6.44. The average molecular weight is 257 g/mol. The topological polar surface area (TPSA) is 29.9 Å². The van der Waals surface area contributed by atoms with Crippen LogP contribution in [0, 0.1) is 23.7 Å². The van der Waals surface area contributed by atoms with Crippen LogP contribution >= 0.6 is 0 Å². The molecule has 0 aromatic carbocycles. The van der Waals surface area contributed by atoms with E-state index in [9.17, 15) is 0 Å². The van der Waals surface area contributed by atoms with Gasteiger partial charge in [-0.25, -0.2) is 0 Å². The summed E-state index contributed by atoms with van der Waals surface area (Å²) < 4.78 is 2.15. The van der Waals surface area contributed by atoms with Crippen LogP contribution in [0.15, 0.2) is 0 Å². The molecule has 0 atom stereocenters. The average Bonchev–Trinajstić information content (AvgIpc) is 2.94. The van der Waals surface area contributed by atoms with Gasteiger partial charge in [-0.05, 0) is 55.8 Å². The summed E-state index contributed by atoms with van der Waals surface area (Å²) >= 11 is 0. The summed E-state index contributed by atoms with van der Waals surface area (Å²) in [6.45, 7) is 2.08. The van der Waals surface area contributed by atoms with Crippen LogP contribution in [0.4, 0.5) is 0 Å². The maximum atomic E-state index is 4.95. The molecule has 0 amide bonds. The number of hydrogen-bond donors (Lipinski definition) is 1. The van der Waals surface area contributed by atoms with E-state index in [2.05, 4.69) is 17.0 Å². The standard InChI is InChI=1S/C16H23N3/c1-19-14-8-17-7-13(14)16(18-19)15-11-3-9-2-10(5-11)6-12(15)4-9/h9-12,15,17H,2-8H2,1H3. The maximum absolute atomic E-state index is 4.95. The van der Waals surface area contributed by atoms with Gasteiger partial charge in [0.1, 0.15) is 0 Å². The molecule has 102 valence electrons. The van der Waals surface area contributed by atoms with Crippen LogP contribution in [0.5, 0.6) is 0 Å². The summed E-state index contributed by atoms with van der Waals surface area (Å²) in [5.41, 5.74) is 4.49. The zero-order valence-corrected chi connectivity index (χ0v) is 11.7. The lowest BCUT2D eigenvalue weighted by atomic mass is 9.51. The predicted molar refractivity (Wildman–Crippen MR) is 73.5 cm³/mol. The van der Waals surface area contributed by atoms with E-state index in [-0.39, 0.29) is 0 Å². The number of aromatic nitrogens is 2. The van der Waals surface area contributed by atoms with Gasteiger partial charge in [-0.15, -0.1) is 0 Å². The third kappa shape index (κ3) is 1.40. The van der Waals surface area contributed by atoms with Gasteiger partial charge in [0.25, 0.3) is 0 Å². The summed E-state index contributed by atoms with van der Waals surface area (Å²) in [6.07, 6.45) is 7.53. The Labute approximate surface area is 114 Å². The summed E-state index contributed by atoms with van der Waals surface area (Å²) in [5.74, 6) is 4.83. The minimum atomic E-state index is 0.794. The minimum absolute atomic E-state index is 0.794. The van der Waals surface area contributed by atoms with Gasteiger partial charge in [-0.3, -0.25) is 4.68 Å². The summed E-state index contributed by atoms with van der Waals surface area (Å²) in [7, 11) is 2.13. The Morgan fingerprint density at radius 3 is 2.37 bits per heavy atom. The lowest BCUT2D eigenvalue weighted by molar-refractivity contribution is -0.00458. The molecule has 0 unspecified atom stereocenters. The highest BCUT2D eigenvalue weighted by Crippen LogP contribution is 2.60. The minimum Gasteiger partial charge on any atom is -0.307 e. The molecular weight excluding hydrogens is 234 g/mol. The molecule has 1 aliphatic heterocycles. The SMILES string of the molecule is Cn1nc(C2C3CC4CC(C3)CC2C4)c2c1CNC2. The van der Waals surface area contributed by atoms with Gasteiger partial charge >= 0.3 is 0 Å². The first kappa shape index (κ1) is 10.9. The molecule has 3 nitrogen and oxygen atoms in total. The van der Waals surface area contributed by atoms with Gasteiger partial charge in [-0.1, -0.05) is 0 Å². The fraction of sp³-hybridized carbons (Fsp3) is 0.812. The molecule has 6 rings (SSSR count). The van der Waals surface area contributed by atoms with Crippen molar-refractivity contribution in [2.24, 2.45) is 30.7 Å².